The van der Waals surface area contributed by atoms with Gasteiger partial charge in [-0.1, -0.05) is 6.92 Å². The first-order valence-corrected chi connectivity index (χ1v) is 6.31. The number of aliphatic hydroxyl groups is 1. The Kier molecular flexibility index (Phi) is 3.78. The summed E-state index contributed by atoms with van der Waals surface area (Å²) < 4.78 is 15.3. The number of aliphatic carboxylic acids is 1. The summed E-state index contributed by atoms with van der Waals surface area (Å²) in [6, 6.07) is 2.96. The molecule has 2 rings (SSSR count). The third kappa shape index (κ3) is 2.19. The second kappa shape index (κ2) is 5.25. The van der Waals surface area contributed by atoms with Gasteiger partial charge in [0, 0.05) is 11.6 Å². The average Bonchev–Trinajstić information content (AvgIpc) is 2.82. The van der Waals surface area contributed by atoms with Crippen LogP contribution in [-0.4, -0.2) is 42.0 Å². The number of carbonyl (C=O) groups excluding carboxylic acids is 1. The molecule has 1 heterocycles. The summed E-state index contributed by atoms with van der Waals surface area (Å²) in [5, 5.41) is 19.6. The second-order valence-corrected chi connectivity index (χ2v) is 4.66. The van der Waals surface area contributed by atoms with Crippen molar-refractivity contribution < 1.29 is 34.0 Å². The summed E-state index contributed by atoms with van der Waals surface area (Å²) in [4.78, 5) is 23.4. The molecule has 2 unspecified atom stereocenters. The Morgan fingerprint density at radius 1 is 1.38 bits per heavy atom. The maximum atomic E-state index is 12.0. The summed E-state index contributed by atoms with van der Waals surface area (Å²) in [6.07, 6.45) is -1.44. The van der Waals surface area contributed by atoms with E-state index < -0.39 is 23.6 Å². The number of cyclic esters (lactones) is 1. The lowest BCUT2D eigenvalue weighted by atomic mass is 9.87. The first-order valence-electron chi connectivity index (χ1n) is 6.31. The van der Waals surface area contributed by atoms with E-state index in [1.165, 1.54) is 33.3 Å². The highest BCUT2D eigenvalue weighted by Gasteiger charge is 2.51. The number of carboxylic acids is 1. The van der Waals surface area contributed by atoms with Gasteiger partial charge in [-0.2, -0.15) is 0 Å². The van der Waals surface area contributed by atoms with Crippen LogP contribution in [0.1, 0.15) is 35.4 Å². The van der Waals surface area contributed by atoms with Crippen LogP contribution in [0.25, 0.3) is 0 Å². The molecule has 1 aromatic carbocycles. The number of carbonyl (C=O) groups is 2. The van der Waals surface area contributed by atoms with Crippen LogP contribution >= 0.6 is 0 Å². The number of methoxy groups -OCH3 is 2. The van der Waals surface area contributed by atoms with Crippen LogP contribution in [-0.2, 0) is 9.53 Å². The van der Waals surface area contributed by atoms with Gasteiger partial charge < -0.3 is 24.4 Å². The highest BCUT2D eigenvalue weighted by Crippen LogP contribution is 2.45. The predicted octanol–water partition coefficient (Wildman–Crippen LogP) is 1.14. The molecule has 7 nitrogen and oxygen atoms in total. The maximum absolute atomic E-state index is 12.0. The molecule has 0 bridgehead atoms. The van der Waals surface area contributed by atoms with Crippen LogP contribution in [0.15, 0.2) is 12.1 Å². The Morgan fingerprint density at radius 2 is 2.05 bits per heavy atom. The fourth-order valence-corrected chi connectivity index (χ4v) is 2.35. The van der Waals surface area contributed by atoms with Gasteiger partial charge in [-0.15, -0.1) is 0 Å². The van der Waals surface area contributed by atoms with Gasteiger partial charge in [0.15, 0.2) is 6.10 Å². The molecule has 2 N–H and O–H groups in total. The topological polar surface area (TPSA) is 102 Å². The van der Waals surface area contributed by atoms with Crippen LogP contribution in [0.3, 0.4) is 0 Å². The molecule has 0 spiro atoms. The van der Waals surface area contributed by atoms with E-state index in [0.717, 1.165) is 0 Å². The summed E-state index contributed by atoms with van der Waals surface area (Å²) in [5.41, 5.74) is -1.86. The Hall–Kier alpha value is -2.28. The number of hydrogen-bond donors (Lipinski definition) is 2. The van der Waals surface area contributed by atoms with Crippen LogP contribution in [0, 0.1) is 0 Å². The molecule has 1 aliphatic heterocycles. The Bertz CT molecular complexity index is 595. The van der Waals surface area contributed by atoms with Crippen molar-refractivity contribution >= 4 is 11.9 Å². The number of ether oxygens (including phenoxy) is 3. The summed E-state index contributed by atoms with van der Waals surface area (Å²) >= 11 is 0. The molecule has 1 aromatic rings. The standard InChI is InChI=1S/C14H16O7/c1-4-14(18,13(16)17)11-8-5-7(19-2)6-9(20-3)10(8)12(15)21-11/h5-6,11,18H,4H2,1-3H3,(H,16,17). The van der Waals surface area contributed by atoms with Crippen molar-refractivity contribution in [2.75, 3.05) is 14.2 Å². The number of esters is 1. The van der Waals surface area contributed by atoms with Crippen LogP contribution in [0.2, 0.25) is 0 Å². The molecule has 7 heteroatoms. The molecule has 114 valence electrons. The van der Waals surface area contributed by atoms with Crippen LogP contribution in [0.5, 0.6) is 11.5 Å². The predicted molar refractivity (Wildman–Crippen MR) is 70.6 cm³/mol. The largest absolute Gasteiger partial charge is 0.497 e. The zero-order valence-corrected chi connectivity index (χ0v) is 11.9. The van der Waals surface area contributed by atoms with Crippen molar-refractivity contribution in [3.05, 3.63) is 23.3 Å². The fourth-order valence-electron chi connectivity index (χ4n) is 2.35. The zero-order valence-electron chi connectivity index (χ0n) is 11.9. The molecule has 0 aromatic heterocycles. The molecule has 21 heavy (non-hydrogen) atoms. The molecule has 0 aliphatic carbocycles. The third-order valence-electron chi connectivity index (χ3n) is 3.62. The quantitative estimate of drug-likeness (QED) is 0.785. The molecule has 1 aliphatic rings. The molecule has 0 fully saturated rings. The zero-order chi connectivity index (χ0) is 15.8. The average molecular weight is 296 g/mol. The van der Waals surface area contributed by atoms with Gasteiger partial charge in [0.05, 0.1) is 14.2 Å². The lowest BCUT2D eigenvalue weighted by Gasteiger charge is -2.27. The minimum atomic E-state index is -2.21. The fraction of sp³-hybridized carbons (Fsp3) is 0.429. The van der Waals surface area contributed by atoms with E-state index in [1.54, 1.807) is 0 Å². The van der Waals surface area contributed by atoms with Gasteiger partial charge in [0.25, 0.3) is 0 Å². The number of benzene rings is 1. The highest BCUT2D eigenvalue weighted by atomic mass is 16.6. The van der Waals surface area contributed by atoms with Crippen molar-refractivity contribution in [2.24, 2.45) is 0 Å². The molecular weight excluding hydrogens is 280 g/mol. The number of fused-ring (bicyclic) bond motifs is 1. The Morgan fingerprint density at radius 3 is 2.52 bits per heavy atom. The van der Waals surface area contributed by atoms with Crippen LogP contribution < -0.4 is 9.47 Å². The van der Waals surface area contributed by atoms with Crippen molar-refractivity contribution in [1.29, 1.82) is 0 Å². The monoisotopic (exact) mass is 296 g/mol. The Balaban J connectivity index is 2.64. The normalized spacial score (nSPS) is 19.4. The van der Waals surface area contributed by atoms with Crippen LogP contribution in [0.4, 0.5) is 0 Å². The van der Waals surface area contributed by atoms with E-state index in [2.05, 4.69) is 0 Å². The summed E-state index contributed by atoms with van der Waals surface area (Å²) in [7, 11) is 2.80. The SMILES string of the molecule is CCC(O)(C(=O)O)C1OC(=O)c2c(OC)cc(OC)cc21. The van der Waals surface area contributed by atoms with Crippen molar-refractivity contribution in [1.82, 2.24) is 0 Å². The van der Waals surface area contributed by atoms with Gasteiger partial charge in [-0.25, -0.2) is 9.59 Å². The molecular formula is C14H16O7. The van der Waals surface area contributed by atoms with E-state index in [4.69, 9.17) is 14.2 Å². The molecule has 0 saturated carbocycles. The Labute approximate surface area is 121 Å². The number of rotatable bonds is 5. The molecule has 2 atom stereocenters. The van der Waals surface area contributed by atoms with Crippen molar-refractivity contribution in [2.45, 2.75) is 25.0 Å². The van der Waals surface area contributed by atoms with E-state index in [-0.39, 0.29) is 23.3 Å². The molecule has 0 amide bonds. The second-order valence-electron chi connectivity index (χ2n) is 4.66. The molecule has 0 saturated heterocycles. The third-order valence-corrected chi connectivity index (χ3v) is 3.62. The minimum Gasteiger partial charge on any atom is -0.497 e. The smallest absolute Gasteiger partial charge is 0.343 e. The van der Waals surface area contributed by atoms with Crippen molar-refractivity contribution in [3.63, 3.8) is 0 Å². The summed E-state index contributed by atoms with van der Waals surface area (Å²) in [6.45, 7) is 1.50. The first kappa shape index (κ1) is 15.1. The van der Waals surface area contributed by atoms with E-state index in [9.17, 15) is 19.8 Å². The van der Waals surface area contributed by atoms with Gasteiger partial charge in [0.1, 0.15) is 17.1 Å². The number of carboxylic acid groups (broad SMARTS) is 1. The molecule has 0 radical (unpaired) electrons. The number of hydrogen-bond acceptors (Lipinski definition) is 6. The lowest BCUT2D eigenvalue weighted by molar-refractivity contribution is -0.172. The highest BCUT2D eigenvalue weighted by molar-refractivity contribution is 5.98. The lowest BCUT2D eigenvalue weighted by Crippen LogP contribution is -2.44. The maximum Gasteiger partial charge on any atom is 0.343 e. The van der Waals surface area contributed by atoms with Gasteiger partial charge in [-0.05, 0) is 12.5 Å². The van der Waals surface area contributed by atoms with E-state index in [0.29, 0.717) is 5.75 Å². The van der Waals surface area contributed by atoms with Crippen molar-refractivity contribution in [3.8, 4) is 11.5 Å². The first-order chi connectivity index (χ1) is 9.88. The van der Waals surface area contributed by atoms with Gasteiger partial charge in [0.2, 0.25) is 5.60 Å². The van der Waals surface area contributed by atoms with Gasteiger partial charge in [-0.3, -0.25) is 0 Å². The van der Waals surface area contributed by atoms with E-state index in [1.807, 2.05) is 0 Å². The minimum absolute atomic E-state index is 0.108. The van der Waals surface area contributed by atoms with E-state index >= 15 is 0 Å². The van der Waals surface area contributed by atoms with Gasteiger partial charge >= 0.3 is 11.9 Å². The summed E-state index contributed by atoms with van der Waals surface area (Å²) in [5.74, 6) is -1.61.